The Morgan fingerprint density at radius 3 is 2.89 bits per heavy atom. The number of hydrogen-bond donors (Lipinski definition) is 2. The first-order valence-corrected chi connectivity index (χ1v) is 6.86. The minimum Gasteiger partial charge on any atom is -0.508 e. The molecule has 0 aliphatic heterocycles. The van der Waals surface area contributed by atoms with Gasteiger partial charge in [0.1, 0.15) is 5.75 Å². The third kappa shape index (κ3) is 3.85. The fourth-order valence-corrected chi connectivity index (χ4v) is 2.50. The van der Waals surface area contributed by atoms with Crippen LogP contribution in [0.1, 0.15) is 26.2 Å². The van der Waals surface area contributed by atoms with Gasteiger partial charge in [-0.2, -0.15) is 0 Å². The molecule has 0 spiro atoms. The second kappa shape index (κ2) is 6.26. The molecule has 2 N–H and O–H groups in total. The Hall–Kier alpha value is -1.26. The number of rotatable bonds is 5. The predicted octanol–water partition coefficient (Wildman–Crippen LogP) is 3.19. The van der Waals surface area contributed by atoms with Gasteiger partial charge < -0.3 is 15.2 Å². The summed E-state index contributed by atoms with van der Waals surface area (Å²) in [6, 6.07) is 4.50. The molecule has 1 saturated carbocycles. The van der Waals surface area contributed by atoms with E-state index in [1.54, 1.807) is 6.07 Å². The van der Waals surface area contributed by atoms with Crippen LogP contribution in [0.3, 0.4) is 0 Å². The zero-order valence-corrected chi connectivity index (χ0v) is 11.6. The minimum absolute atomic E-state index is 0.0486. The number of carbonyl (C=O) groups is 1. The predicted molar refractivity (Wildman–Crippen MR) is 74.5 cm³/mol. The van der Waals surface area contributed by atoms with Crippen LogP contribution in [0.4, 0.5) is 5.69 Å². The lowest BCUT2D eigenvalue weighted by Crippen LogP contribution is -2.33. The van der Waals surface area contributed by atoms with E-state index in [0.29, 0.717) is 29.2 Å². The molecule has 0 bridgehead atoms. The number of halogens is 1. The van der Waals surface area contributed by atoms with Crippen molar-refractivity contribution < 1.29 is 14.6 Å². The summed E-state index contributed by atoms with van der Waals surface area (Å²) in [6.07, 6.45) is 2.70. The average molecular weight is 284 g/mol. The summed E-state index contributed by atoms with van der Waals surface area (Å²) in [5.41, 5.74) is 0.533. The van der Waals surface area contributed by atoms with E-state index in [0.717, 1.165) is 19.4 Å². The highest BCUT2D eigenvalue weighted by molar-refractivity contribution is 6.33. The molecule has 2 rings (SSSR count). The number of carbonyl (C=O) groups excluding carboxylic acids is 1. The van der Waals surface area contributed by atoms with Crippen LogP contribution in [0, 0.1) is 5.92 Å². The van der Waals surface area contributed by atoms with Crippen LogP contribution in [-0.2, 0) is 9.53 Å². The van der Waals surface area contributed by atoms with Crippen LogP contribution in [-0.4, -0.2) is 23.7 Å². The Balaban J connectivity index is 1.79. The quantitative estimate of drug-likeness (QED) is 0.816. The van der Waals surface area contributed by atoms with Crippen molar-refractivity contribution in [1.29, 1.82) is 0 Å². The topological polar surface area (TPSA) is 58.6 Å². The van der Waals surface area contributed by atoms with Gasteiger partial charge in [0.05, 0.1) is 16.8 Å². The summed E-state index contributed by atoms with van der Waals surface area (Å²) >= 11 is 5.93. The van der Waals surface area contributed by atoms with Gasteiger partial charge in [0, 0.05) is 19.1 Å². The average Bonchev–Trinajstić information content (AvgIpc) is 2.30. The van der Waals surface area contributed by atoms with E-state index >= 15 is 0 Å². The van der Waals surface area contributed by atoms with E-state index in [-0.39, 0.29) is 11.7 Å². The molecule has 1 aromatic carbocycles. The molecule has 0 aromatic heterocycles. The van der Waals surface area contributed by atoms with Crippen LogP contribution in [0.2, 0.25) is 5.02 Å². The summed E-state index contributed by atoms with van der Waals surface area (Å²) in [5, 5.41) is 12.3. The molecular formula is C14H18ClNO3. The summed E-state index contributed by atoms with van der Waals surface area (Å²) in [4.78, 5) is 11.8. The lowest BCUT2D eigenvalue weighted by Gasteiger charge is -2.34. The molecule has 0 saturated heterocycles. The number of ether oxygens (including phenoxy) is 1. The van der Waals surface area contributed by atoms with Gasteiger partial charge in [0.2, 0.25) is 5.91 Å². The molecule has 1 amide bonds. The third-order valence-electron chi connectivity index (χ3n) is 3.30. The Kier molecular flexibility index (Phi) is 4.66. The Morgan fingerprint density at radius 1 is 1.53 bits per heavy atom. The minimum atomic E-state index is -0.0486. The van der Waals surface area contributed by atoms with E-state index in [4.69, 9.17) is 16.3 Å². The molecule has 1 aromatic rings. The Labute approximate surface area is 117 Å². The number of phenols is 1. The summed E-state index contributed by atoms with van der Waals surface area (Å²) in [7, 11) is 0. The number of amides is 1. The fraction of sp³-hybridized carbons (Fsp3) is 0.500. The highest BCUT2D eigenvalue weighted by atomic mass is 35.5. The maximum absolute atomic E-state index is 11.8. The van der Waals surface area contributed by atoms with Crippen molar-refractivity contribution in [3.63, 3.8) is 0 Å². The van der Waals surface area contributed by atoms with Gasteiger partial charge in [0.15, 0.2) is 0 Å². The van der Waals surface area contributed by atoms with Crippen LogP contribution >= 0.6 is 11.6 Å². The molecule has 4 nitrogen and oxygen atoms in total. The largest absolute Gasteiger partial charge is 0.508 e. The standard InChI is InChI=1S/C14H18ClNO3/c1-2-19-11-5-9(6-11)7-14(18)16-13-4-3-10(17)8-12(13)15/h3-4,8-9,11,17H,2,5-7H2,1H3,(H,16,18). The lowest BCUT2D eigenvalue weighted by molar-refractivity contribution is -0.119. The summed E-state index contributed by atoms with van der Waals surface area (Å²) in [5.74, 6) is 0.432. The van der Waals surface area contributed by atoms with Crippen molar-refractivity contribution in [2.75, 3.05) is 11.9 Å². The summed E-state index contributed by atoms with van der Waals surface area (Å²) in [6.45, 7) is 2.71. The van der Waals surface area contributed by atoms with Crippen LogP contribution in [0.25, 0.3) is 0 Å². The van der Waals surface area contributed by atoms with Crippen LogP contribution in [0.15, 0.2) is 18.2 Å². The molecular weight excluding hydrogens is 266 g/mol. The number of phenolic OH excluding ortho intramolecular Hbond substituents is 1. The van der Waals surface area contributed by atoms with Crippen molar-refractivity contribution in [2.45, 2.75) is 32.3 Å². The van der Waals surface area contributed by atoms with Crippen molar-refractivity contribution in [3.8, 4) is 5.75 Å². The van der Waals surface area contributed by atoms with Gasteiger partial charge >= 0.3 is 0 Å². The van der Waals surface area contributed by atoms with E-state index < -0.39 is 0 Å². The highest BCUT2D eigenvalue weighted by Gasteiger charge is 2.31. The SMILES string of the molecule is CCOC1CC(CC(=O)Nc2ccc(O)cc2Cl)C1. The molecule has 1 aliphatic carbocycles. The van der Waals surface area contributed by atoms with Gasteiger partial charge in [-0.25, -0.2) is 0 Å². The van der Waals surface area contributed by atoms with Gasteiger partial charge in [-0.15, -0.1) is 0 Å². The Morgan fingerprint density at radius 2 is 2.26 bits per heavy atom. The lowest BCUT2D eigenvalue weighted by atomic mass is 9.80. The third-order valence-corrected chi connectivity index (χ3v) is 3.61. The molecule has 0 atom stereocenters. The van der Waals surface area contributed by atoms with Crippen LogP contribution in [0.5, 0.6) is 5.75 Å². The summed E-state index contributed by atoms with van der Waals surface area (Å²) < 4.78 is 5.46. The number of benzene rings is 1. The number of nitrogens with one attached hydrogen (secondary N) is 1. The van der Waals surface area contributed by atoms with Crippen molar-refractivity contribution in [1.82, 2.24) is 0 Å². The zero-order chi connectivity index (χ0) is 13.8. The van der Waals surface area contributed by atoms with Gasteiger partial charge in [-0.3, -0.25) is 4.79 Å². The first-order chi connectivity index (χ1) is 9.08. The van der Waals surface area contributed by atoms with E-state index in [1.807, 2.05) is 6.92 Å². The highest BCUT2D eigenvalue weighted by Crippen LogP contribution is 2.33. The first kappa shape index (κ1) is 14.2. The monoisotopic (exact) mass is 283 g/mol. The van der Waals surface area contributed by atoms with E-state index in [2.05, 4.69) is 5.32 Å². The van der Waals surface area contributed by atoms with Gasteiger partial charge in [-0.1, -0.05) is 11.6 Å². The van der Waals surface area contributed by atoms with Gasteiger partial charge in [-0.05, 0) is 37.8 Å². The normalized spacial score (nSPS) is 21.8. The van der Waals surface area contributed by atoms with Gasteiger partial charge in [0.25, 0.3) is 0 Å². The van der Waals surface area contributed by atoms with Crippen molar-refractivity contribution in [2.24, 2.45) is 5.92 Å². The number of anilines is 1. The first-order valence-electron chi connectivity index (χ1n) is 6.48. The molecule has 5 heteroatoms. The Bertz CT molecular complexity index is 458. The number of aromatic hydroxyl groups is 1. The van der Waals surface area contributed by atoms with E-state index in [1.165, 1.54) is 12.1 Å². The van der Waals surface area contributed by atoms with Crippen LogP contribution < -0.4 is 5.32 Å². The fourth-order valence-electron chi connectivity index (χ4n) is 2.28. The molecule has 0 radical (unpaired) electrons. The number of hydrogen-bond acceptors (Lipinski definition) is 3. The molecule has 19 heavy (non-hydrogen) atoms. The molecule has 1 aliphatic rings. The molecule has 1 fully saturated rings. The van der Waals surface area contributed by atoms with Crippen molar-refractivity contribution >= 4 is 23.2 Å². The molecule has 104 valence electrons. The maximum Gasteiger partial charge on any atom is 0.224 e. The molecule has 0 unspecified atom stereocenters. The van der Waals surface area contributed by atoms with Crippen molar-refractivity contribution in [3.05, 3.63) is 23.2 Å². The maximum atomic E-state index is 11.8. The smallest absolute Gasteiger partial charge is 0.224 e. The second-order valence-corrected chi connectivity index (χ2v) is 5.24. The molecule has 0 heterocycles. The van der Waals surface area contributed by atoms with E-state index in [9.17, 15) is 9.90 Å². The zero-order valence-electron chi connectivity index (χ0n) is 10.9. The second-order valence-electron chi connectivity index (χ2n) is 4.83.